The Kier molecular flexibility index (Phi) is 8.31. The van der Waals surface area contributed by atoms with Crippen LogP contribution in [0.1, 0.15) is 25.0 Å². The lowest BCUT2D eigenvalue weighted by Gasteiger charge is -2.04. The fraction of sp³-hybridized carbons (Fsp3) is 0.182. The van der Waals surface area contributed by atoms with Gasteiger partial charge in [-0.1, -0.05) is 0 Å². The molecule has 0 amide bonds. The van der Waals surface area contributed by atoms with Crippen LogP contribution in [0.15, 0.2) is 70.2 Å². The molecule has 0 saturated heterocycles. The molecule has 2 aromatic rings. The van der Waals surface area contributed by atoms with E-state index in [4.69, 9.17) is 0 Å². The molecule has 0 saturated carbocycles. The average Bonchev–Trinajstić information content (AvgIpc) is 2.75. The first kappa shape index (κ1) is 22.4. The number of rotatable bonds is 9. The van der Waals surface area contributed by atoms with E-state index in [0.29, 0.717) is 11.1 Å². The van der Waals surface area contributed by atoms with E-state index < -0.39 is 0 Å². The van der Waals surface area contributed by atoms with Gasteiger partial charge in [-0.05, 0) is 38.1 Å². The van der Waals surface area contributed by atoms with Gasteiger partial charge in [-0.25, -0.2) is 0 Å². The number of Topliss-reactive ketones (excluding diaryl/α,β-unsaturated/α-hetero) is 2. The normalized spacial score (nSPS) is 13.3. The maximum Gasteiger partial charge on any atom is 0.165 e. The van der Waals surface area contributed by atoms with E-state index in [1.807, 2.05) is 0 Å². The molecular weight excluding hydrogens is 384 g/mol. The maximum absolute atomic E-state index is 11.8. The Morgan fingerprint density at radius 1 is 0.767 bits per heavy atom. The van der Waals surface area contributed by atoms with Crippen LogP contribution in [-0.2, 0) is 9.59 Å². The first-order valence-electron chi connectivity index (χ1n) is 9.10. The van der Waals surface area contributed by atoms with Crippen LogP contribution >= 0.6 is 0 Å². The van der Waals surface area contributed by atoms with Crippen molar-refractivity contribution in [1.29, 1.82) is 0 Å². The van der Waals surface area contributed by atoms with Crippen LogP contribution in [0.25, 0.3) is 11.5 Å². The predicted octanol–water partition coefficient (Wildman–Crippen LogP) is 3.03. The van der Waals surface area contributed by atoms with Gasteiger partial charge in [0, 0.05) is 48.3 Å². The van der Waals surface area contributed by atoms with Crippen molar-refractivity contribution < 1.29 is 19.8 Å². The second-order valence-electron chi connectivity index (χ2n) is 6.18. The molecular formula is C22H22N4O4. The molecule has 0 radical (unpaired) electrons. The van der Waals surface area contributed by atoms with Crippen LogP contribution in [0.5, 0.6) is 0 Å². The Morgan fingerprint density at radius 2 is 1.10 bits per heavy atom. The number of allylic oxidation sites excluding steroid dienone is 2. The van der Waals surface area contributed by atoms with Gasteiger partial charge in [-0.2, -0.15) is 0 Å². The minimum absolute atomic E-state index is 0.0739. The number of carbonyl (C=O) groups is 2. The number of aromatic nitrogens is 2. The van der Waals surface area contributed by atoms with Gasteiger partial charge in [0.2, 0.25) is 0 Å². The summed E-state index contributed by atoms with van der Waals surface area (Å²) in [6.07, 6.45) is 8.63. The van der Waals surface area contributed by atoms with Crippen LogP contribution in [0.2, 0.25) is 0 Å². The molecule has 0 fully saturated rings. The first-order chi connectivity index (χ1) is 14.4. The number of aliphatic hydroxyl groups excluding tert-OH is 2. The number of carbonyl (C=O) groups excluding carboxylic acids is 2. The van der Waals surface area contributed by atoms with Crippen molar-refractivity contribution in [3.8, 4) is 0 Å². The fourth-order valence-electron chi connectivity index (χ4n) is 2.40. The second kappa shape index (κ2) is 11.2. The van der Waals surface area contributed by atoms with E-state index in [1.165, 1.54) is 51.1 Å². The summed E-state index contributed by atoms with van der Waals surface area (Å²) in [5, 5.41) is 20.6. The van der Waals surface area contributed by atoms with Crippen molar-refractivity contribution in [2.45, 2.75) is 13.8 Å². The van der Waals surface area contributed by atoms with Gasteiger partial charge >= 0.3 is 0 Å². The zero-order valence-electron chi connectivity index (χ0n) is 16.7. The molecule has 0 atom stereocenters. The summed E-state index contributed by atoms with van der Waals surface area (Å²) in [5.74, 6) is -1.02. The summed E-state index contributed by atoms with van der Waals surface area (Å²) in [7, 11) is 0. The molecule has 2 rings (SSSR count). The zero-order valence-corrected chi connectivity index (χ0v) is 16.7. The molecule has 2 heterocycles. The van der Waals surface area contributed by atoms with Crippen molar-refractivity contribution >= 4 is 35.5 Å². The number of ketones is 2. The van der Waals surface area contributed by atoms with Crippen molar-refractivity contribution in [2.24, 2.45) is 9.98 Å². The molecule has 30 heavy (non-hydrogen) atoms. The SMILES string of the molecule is CC(=O)/C(C=NCCN=C/C(C(C)=O)=C(\O)c1ccncc1)=C(/O)c1ccncc1. The van der Waals surface area contributed by atoms with Crippen molar-refractivity contribution in [2.75, 3.05) is 13.1 Å². The van der Waals surface area contributed by atoms with Gasteiger partial charge in [0.1, 0.15) is 11.5 Å². The van der Waals surface area contributed by atoms with Gasteiger partial charge in [0.15, 0.2) is 11.6 Å². The molecule has 0 bridgehead atoms. The van der Waals surface area contributed by atoms with E-state index in [9.17, 15) is 19.8 Å². The van der Waals surface area contributed by atoms with Gasteiger partial charge in [-0.3, -0.25) is 29.5 Å². The number of hydrogen-bond donors (Lipinski definition) is 2. The van der Waals surface area contributed by atoms with E-state index >= 15 is 0 Å². The highest BCUT2D eigenvalue weighted by molar-refractivity contribution is 6.18. The number of aliphatic imine (C=N–C) groups is 2. The summed E-state index contributed by atoms with van der Waals surface area (Å²) in [6.45, 7) is 3.11. The minimum atomic E-state index is -0.333. The summed E-state index contributed by atoms with van der Waals surface area (Å²) in [5.41, 5.74) is 1.07. The topological polar surface area (TPSA) is 125 Å². The van der Waals surface area contributed by atoms with Crippen molar-refractivity contribution in [3.63, 3.8) is 0 Å². The molecule has 0 spiro atoms. The van der Waals surface area contributed by atoms with Crippen LogP contribution in [0.4, 0.5) is 0 Å². The molecule has 0 aliphatic rings. The molecule has 0 aliphatic carbocycles. The first-order valence-corrected chi connectivity index (χ1v) is 9.10. The standard InChI is InChI=1S/C22H22N4O4/c1-15(27)19(21(29)17-3-7-23-8-4-17)13-25-11-12-26-14-20(16(2)28)22(30)18-5-9-24-10-6-18/h3-10,13-14,29-30H,11-12H2,1-2H3/b21-19+,22-20+,25-13?,26-14?. The maximum atomic E-state index is 11.8. The molecule has 0 unspecified atom stereocenters. The lowest BCUT2D eigenvalue weighted by atomic mass is 10.1. The fourth-order valence-corrected chi connectivity index (χ4v) is 2.40. The Morgan fingerprint density at radius 3 is 1.40 bits per heavy atom. The van der Waals surface area contributed by atoms with Gasteiger partial charge in [-0.15, -0.1) is 0 Å². The van der Waals surface area contributed by atoms with Crippen molar-refractivity contribution in [3.05, 3.63) is 71.3 Å². The molecule has 154 valence electrons. The Labute approximate surface area is 174 Å². The Balaban J connectivity index is 2.07. The zero-order chi connectivity index (χ0) is 21.9. The van der Waals surface area contributed by atoms with Crippen LogP contribution in [0.3, 0.4) is 0 Å². The van der Waals surface area contributed by atoms with Crippen LogP contribution in [-0.4, -0.2) is 57.3 Å². The molecule has 2 N–H and O–H groups in total. The number of aliphatic hydroxyl groups is 2. The molecule has 8 heteroatoms. The molecule has 0 aromatic carbocycles. The quantitative estimate of drug-likeness (QED) is 0.285. The average molecular weight is 406 g/mol. The van der Waals surface area contributed by atoms with E-state index in [2.05, 4.69) is 20.0 Å². The van der Waals surface area contributed by atoms with E-state index in [-0.39, 0.29) is 47.3 Å². The summed E-state index contributed by atoms with van der Waals surface area (Å²) < 4.78 is 0. The van der Waals surface area contributed by atoms with E-state index in [1.54, 1.807) is 24.3 Å². The monoisotopic (exact) mass is 406 g/mol. The van der Waals surface area contributed by atoms with E-state index in [0.717, 1.165) is 0 Å². The van der Waals surface area contributed by atoms with Gasteiger partial charge < -0.3 is 10.2 Å². The summed E-state index contributed by atoms with van der Waals surface area (Å²) in [4.78, 5) is 39.6. The van der Waals surface area contributed by atoms with Gasteiger partial charge in [0.25, 0.3) is 0 Å². The number of hydrogen-bond acceptors (Lipinski definition) is 8. The highest BCUT2D eigenvalue weighted by atomic mass is 16.3. The van der Waals surface area contributed by atoms with Crippen LogP contribution in [0, 0.1) is 0 Å². The number of pyridine rings is 2. The third kappa shape index (κ3) is 6.30. The molecule has 0 aliphatic heterocycles. The summed E-state index contributed by atoms with van der Waals surface area (Å²) in [6, 6.07) is 6.34. The smallest absolute Gasteiger partial charge is 0.165 e. The third-order valence-corrected chi connectivity index (χ3v) is 3.98. The molecule has 8 nitrogen and oxygen atoms in total. The highest BCUT2D eigenvalue weighted by Gasteiger charge is 2.11. The van der Waals surface area contributed by atoms with Crippen molar-refractivity contribution in [1.82, 2.24) is 9.97 Å². The Bertz CT molecular complexity index is 926. The second-order valence-corrected chi connectivity index (χ2v) is 6.18. The lowest BCUT2D eigenvalue weighted by molar-refractivity contribution is -0.114. The molecule has 2 aromatic heterocycles. The third-order valence-electron chi connectivity index (χ3n) is 3.98. The number of nitrogens with zero attached hydrogens (tertiary/aromatic N) is 4. The van der Waals surface area contributed by atoms with Crippen LogP contribution < -0.4 is 0 Å². The lowest BCUT2D eigenvalue weighted by Crippen LogP contribution is -2.05. The largest absolute Gasteiger partial charge is 0.507 e. The summed E-state index contributed by atoms with van der Waals surface area (Å²) >= 11 is 0. The van der Waals surface area contributed by atoms with Gasteiger partial charge in [0.05, 0.1) is 24.2 Å². The minimum Gasteiger partial charge on any atom is -0.507 e. The Hall–Kier alpha value is -3.94. The predicted molar refractivity (Wildman–Crippen MR) is 116 cm³/mol. The highest BCUT2D eigenvalue weighted by Crippen LogP contribution is 2.15.